The van der Waals surface area contributed by atoms with Crippen LogP contribution in [0.5, 0.6) is 0 Å². The van der Waals surface area contributed by atoms with Crippen molar-refractivity contribution in [1.82, 2.24) is 19.4 Å². The van der Waals surface area contributed by atoms with Gasteiger partial charge >= 0.3 is 6.18 Å². The summed E-state index contributed by atoms with van der Waals surface area (Å²) in [6.07, 6.45) is -1.22. The van der Waals surface area contributed by atoms with Crippen molar-refractivity contribution in [2.24, 2.45) is 0 Å². The van der Waals surface area contributed by atoms with E-state index in [4.69, 9.17) is 0 Å². The van der Waals surface area contributed by atoms with Gasteiger partial charge < -0.3 is 4.98 Å². The number of carbonyl (C=O) groups excluding carboxylic acids is 1. The van der Waals surface area contributed by atoms with E-state index in [-0.39, 0.29) is 12.0 Å². The van der Waals surface area contributed by atoms with Crippen LogP contribution in [0, 0.1) is 0 Å². The molecule has 4 aromatic rings. The number of rotatable bonds is 6. The first-order valence-corrected chi connectivity index (χ1v) is 9.48. The van der Waals surface area contributed by atoms with Gasteiger partial charge in [-0.2, -0.15) is 13.2 Å². The highest BCUT2D eigenvalue weighted by Crippen LogP contribution is 2.26. The van der Waals surface area contributed by atoms with Gasteiger partial charge in [-0.15, -0.1) is 0 Å². The number of nitrogens with zero attached hydrogens (tertiary/aromatic N) is 3. The van der Waals surface area contributed by atoms with Crippen molar-refractivity contribution in [2.75, 3.05) is 0 Å². The van der Waals surface area contributed by atoms with Gasteiger partial charge in [0, 0.05) is 36.2 Å². The molecule has 31 heavy (non-hydrogen) atoms. The molecule has 9 heteroatoms. The molecule has 0 spiro atoms. The number of nitrogens with one attached hydrogen (secondary N) is 1. The van der Waals surface area contributed by atoms with Gasteiger partial charge in [-0.3, -0.25) is 14.0 Å². The summed E-state index contributed by atoms with van der Waals surface area (Å²) in [7, 11) is 0. The standard InChI is InChI=1S/C22H17F3N4O2/c23-22(24,25)6-4-17(30)9-14-2-1-3-16(8-14)19-12-26-20-10-15(5-7-29(19)20)18-11-21(31)28-13-27-18/h1-3,5,7-8,10-13H,4,6,9H2,(H,27,28,31). The molecule has 0 aliphatic heterocycles. The van der Waals surface area contributed by atoms with Crippen LogP contribution in [0.15, 0.2) is 66.0 Å². The molecule has 6 nitrogen and oxygen atoms in total. The second kappa shape index (κ2) is 8.17. The fourth-order valence-corrected chi connectivity index (χ4v) is 3.32. The van der Waals surface area contributed by atoms with Crippen molar-refractivity contribution in [2.45, 2.75) is 25.4 Å². The third kappa shape index (κ3) is 4.88. The minimum atomic E-state index is -4.34. The molecule has 1 aromatic carbocycles. The van der Waals surface area contributed by atoms with Crippen LogP contribution in [0.2, 0.25) is 0 Å². The molecule has 1 N–H and O–H groups in total. The van der Waals surface area contributed by atoms with Gasteiger partial charge in [-0.05, 0) is 23.8 Å². The Kier molecular flexibility index (Phi) is 5.41. The van der Waals surface area contributed by atoms with Crippen molar-refractivity contribution in [3.8, 4) is 22.5 Å². The largest absolute Gasteiger partial charge is 0.389 e. The van der Waals surface area contributed by atoms with Crippen molar-refractivity contribution in [1.29, 1.82) is 0 Å². The van der Waals surface area contributed by atoms with Crippen molar-refractivity contribution in [3.05, 3.63) is 77.1 Å². The van der Waals surface area contributed by atoms with Gasteiger partial charge in [-0.25, -0.2) is 9.97 Å². The van der Waals surface area contributed by atoms with Crippen LogP contribution < -0.4 is 5.56 Å². The number of benzene rings is 1. The van der Waals surface area contributed by atoms with E-state index in [1.165, 1.54) is 12.4 Å². The molecule has 0 saturated heterocycles. The average Bonchev–Trinajstić information content (AvgIpc) is 3.15. The Labute approximate surface area is 174 Å². The number of Topliss-reactive ketones (excluding diaryl/α,β-unsaturated/α-hetero) is 1. The maximum atomic E-state index is 12.3. The van der Waals surface area contributed by atoms with Crippen molar-refractivity contribution >= 4 is 11.4 Å². The molecule has 0 aliphatic carbocycles. The van der Waals surface area contributed by atoms with Crippen LogP contribution in [0.3, 0.4) is 0 Å². The summed E-state index contributed by atoms with van der Waals surface area (Å²) < 4.78 is 38.8. The predicted octanol–water partition coefficient (Wildman–Crippen LogP) is 4.21. The number of hydrogen-bond donors (Lipinski definition) is 1. The SMILES string of the molecule is O=C(CCC(F)(F)F)Cc1cccc(-c2cnc3cc(-c4cc(=O)[nH]cn4)ccn23)c1. The van der Waals surface area contributed by atoms with Crippen molar-refractivity contribution < 1.29 is 18.0 Å². The molecule has 0 radical (unpaired) electrons. The minimum Gasteiger partial charge on any atom is -0.313 e. The lowest BCUT2D eigenvalue weighted by Gasteiger charge is -2.08. The summed E-state index contributed by atoms with van der Waals surface area (Å²) in [5.74, 6) is -0.456. The number of H-pyrrole nitrogens is 1. The van der Waals surface area contributed by atoms with Gasteiger partial charge in [0.1, 0.15) is 11.4 Å². The molecule has 0 unspecified atom stereocenters. The van der Waals surface area contributed by atoms with Gasteiger partial charge in [0.05, 0.1) is 30.3 Å². The number of aromatic nitrogens is 4. The lowest BCUT2D eigenvalue weighted by molar-refractivity contribution is -0.143. The highest BCUT2D eigenvalue weighted by molar-refractivity contribution is 5.81. The Morgan fingerprint density at radius 3 is 2.68 bits per heavy atom. The molecular formula is C22H17F3N4O2. The molecule has 0 fully saturated rings. The number of fused-ring (bicyclic) bond motifs is 1. The topological polar surface area (TPSA) is 80.1 Å². The molecule has 3 aromatic heterocycles. The lowest BCUT2D eigenvalue weighted by atomic mass is 10.0. The molecular weight excluding hydrogens is 409 g/mol. The normalized spacial score (nSPS) is 11.7. The van der Waals surface area contributed by atoms with Gasteiger partial charge in [-0.1, -0.05) is 18.2 Å². The summed E-state index contributed by atoms with van der Waals surface area (Å²) in [6.45, 7) is 0. The Bertz CT molecular complexity index is 1310. The highest BCUT2D eigenvalue weighted by atomic mass is 19.4. The first kappa shape index (κ1) is 20.5. The van der Waals surface area contributed by atoms with E-state index in [9.17, 15) is 22.8 Å². The third-order valence-electron chi connectivity index (χ3n) is 4.80. The number of ketones is 1. The highest BCUT2D eigenvalue weighted by Gasteiger charge is 2.27. The number of halogens is 3. The number of pyridine rings is 1. The van der Waals surface area contributed by atoms with Crippen molar-refractivity contribution in [3.63, 3.8) is 0 Å². The summed E-state index contributed by atoms with van der Waals surface area (Å²) in [5.41, 5.74) is 3.84. The average molecular weight is 426 g/mol. The van der Waals surface area contributed by atoms with Gasteiger partial charge in [0.2, 0.25) is 0 Å². The fraction of sp³-hybridized carbons (Fsp3) is 0.182. The maximum absolute atomic E-state index is 12.3. The molecule has 0 atom stereocenters. The third-order valence-corrected chi connectivity index (χ3v) is 4.80. The molecule has 158 valence electrons. The van der Waals surface area contributed by atoms with E-state index in [1.54, 1.807) is 36.7 Å². The predicted molar refractivity (Wildman–Crippen MR) is 108 cm³/mol. The smallest absolute Gasteiger partial charge is 0.313 e. The van der Waals surface area contributed by atoms with E-state index in [0.29, 0.717) is 16.9 Å². The number of alkyl halides is 3. The fourth-order valence-electron chi connectivity index (χ4n) is 3.32. The number of aromatic amines is 1. The van der Waals surface area contributed by atoms with E-state index < -0.39 is 24.8 Å². The molecule has 3 heterocycles. The zero-order valence-electron chi connectivity index (χ0n) is 16.2. The molecule has 4 rings (SSSR count). The van der Waals surface area contributed by atoms with Crippen LogP contribution in [-0.4, -0.2) is 31.3 Å². The van der Waals surface area contributed by atoms with Gasteiger partial charge in [0.15, 0.2) is 0 Å². The monoisotopic (exact) mass is 426 g/mol. The first-order chi connectivity index (χ1) is 14.8. The Morgan fingerprint density at radius 1 is 1.06 bits per heavy atom. The zero-order chi connectivity index (χ0) is 22.0. The molecule has 0 bridgehead atoms. The van der Waals surface area contributed by atoms with E-state index in [0.717, 1.165) is 16.8 Å². The summed E-state index contributed by atoms with van der Waals surface area (Å²) in [5, 5.41) is 0. The molecule has 0 amide bonds. The van der Waals surface area contributed by atoms with Crippen LogP contribution >= 0.6 is 0 Å². The van der Waals surface area contributed by atoms with Gasteiger partial charge in [0.25, 0.3) is 5.56 Å². The number of imidazole rings is 1. The van der Waals surface area contributed by atoms with Crippen LogP contribution in [0.4, 0.5) is 13.2 Å². The first-order valence-electron chi connectivity index (χ1n) is 9.48. The summed E-state index contributed by atoms with van der Waals surface area (Å²) in [6, 6.07) is 12.1. The quantitative estimate of drug-likeness (QED) is 0.501. The minimum absolute atomic E-state index is 0.0565. The maximum Gasteiger partial charge on any atom is 0.389 e. The molecule has 0 saturated carbocycles. The van der Waals surface area contributed by atoms with E-state index in [2.05, 4.69) is 15.0 Å². The van der Waals surface area contributed by atoms with Crippen LogP contribution in [0.1, 0.15) is 18.4 Å². The van der Waals surface area contributed by atoms with E-state index >= 15 is 0 Å². The summed E-state index contributed by atoms with van der Waals surface area (Å²) in [4.78, 5) is 34.5. The summed E-state index contributed by atoms with van der Waals surface area (Å²) >= 11 is 0. The zero-order valence-corrected chi connectivity index (χ0v) is 16.2. The second-order valence-corrected chi connectivity index (χ2v) is 7.11. The Morgan fingerprint density at radius 2 is 1.90 bits per heavy atom. The lowest BCUT2D eigenvalue weighted by Crippen LogP contribution is -2.12. The Balaban J connectivity index is 1.58. The second-order valence-electron chi connectivity index (χ2n) is 7.11. The molecule has 0 aliphatic rings. The number of hydrogen-bond acceptors (Lipinski definition) is 4. The van der Waals surface area contributed by atoms with E-state index in [1.807, 2.05) is 16.5 Å². The van der Waals surface area contributed by atoms with Crippen LogP contribution in [-0.2, 0) is 11.2 Å². The Hall–Kier alpha value is -3.75. The number of carbonyl (C=O) groups is 1. The van der Waals surface area contributed by atoms with Crippen LogP contribution in [0.25, 0.3) is 28.2 Å².